The number of amides is 1. The van der Waals surface area contributed by atoms with Gasteiger partial charge in [0.05, 0.1) is 24.8 Å². The van der Waals surface area contributed by atoms with E-state index in [0.717, 1.165) is 35.2 Å². The average Bonchev–Trinajstić information content (AvgIpc) is 3.36. The Labute approximate surface area is 162 Å². The highest BCUT2D eigenvalue weighted by Crippen LogP contribution is 2.23. The van der Waals surface area contributed by atoms with Crippen LogP contribution < -0.4 is 10.1 Å². The number of methoxy groups -OCH3 is 1. The average molecular weight is 385 g/mol. The molecule has 0 aliphatic heterocycles. The second-order valence-corrected chi connectivity index (χ2v) is 7.10. The molecule has 0 radical (unpaired) electrons. The number of carbonyl (C=O) groups excluding carboxylic acids is 1. The summed E-state index contributed by atoms with van der Waals surface area (Å²) >= 11 is 1.41. The van der Waals surface area contributed by atoms with E-state index in [4.69, 9.17) is 9.15 Å². The van der Waals surface area contributed by atoms with Crippen molar-refractivity contribution in [1.29, 1.82) is 0 Å². The molecule has 1 aromatic carbocycles. The highest BCUT2D eigenvalue weighted by atomic mass is 32.2. The van der Waals surface area contributed by atoms with Crippen molar-refractivity contribution in [3.63, 3.8) is 0 Å². The Balaban J connectivity index is 1.51. The predicted molar refractivity (Wildman–Crippen MR) is 105 cm³/mol. The lowest BCUT2D eigenvalue weighted by molar-refractivity contribution is -0.119. The molecule has 0 fully saturated rings. The van der Waals surface area contributed by atoms with Crippen LogP contribution in [0.5, 0.6) is 5.75 Å². The molecule has 0 saturated heterocycles. The Bertz CT molecular complexity index is 861. The minimum Gasteiger partial charge on any atom is -0.497 e. The summed E-state index contributed by atoms with van der Waals surface area (Å²) < 4.78 is 12.5. The summed E-state index contributed by atoms with van der Waals surface area (Å²) in [6, 6.07) is 11.6. The molecule has 0 spiro atoms. The molecule has 0 aliphatic rings. The van der Waals surface area contributed by atoms with Crippen molar-refractivity contribution in [2.75, 3.05) is 12.9 Å². The molecule has 27 heavy (non-hydrogen) atoms. The summed E-state index contributed by atoms with van der Waals surface area (Å²) in [5.74, 6) is 2.02. The van der Waals surface area contributed by atoms with E-state index >= 15 is 0 Å². The van der Waals surface area contributed by atoms with Crippen LogP contribution in [0.2, 0.25) is 0 Å². The lowest BCUT2D eigenvalue weighted by Gasteiger charge is -2.13. The van der Waals surface area contributed by atoms with Gasteiger partial charge in [0.25, 0.3) is 0 Å². The normalized spacial score (nSPS) is 11.9. The Morgan fingerprint density at radius 2 is 2.26 bits per heavy atom. The fraction of sp³-hybridized carbons (Fsp3) is 0.300. The van der Waals surface area contributed by atoms with Crippen molar-refractivity contribution >= 4 is 17.7 Å². The van der Waals surface area contributed by atoms with Crippen LogP contribution in [-0.2, 0) is 11.2 Å². The molecule has 3 aromatic rings. The monoisotopic (exact) mass is 385 g/mol. The topological polar surface area (TPSA) is 69.3 Å². The van der Waals surface area contributed by atoms with Crippen LogP contribution in [0.25, 0.3) is 5.69 Å². The molecular weight excluding hydrogens is 362 g/mol. The molecule has 2 aromatic heterocycles. The van der Waals surface area contributed by atoms with Gasteiger partial charge in [-0.3, -0.25) is 9.36 Å². The summed E-state index contributed by atoms with van der Waals surface area (Å²) in [4.78, 5) is 16.6. The van der Waals surface area contributed by atoms with Gasteiger partial charge in [-0.2, -0.15) is 0 Å². The molecule has 0 aliphatic carbocycles. The molecule has 142 valence electrons. The molecular formula is C20H23N3O3S. The van der Waals surface area contributed by atoms with E-state index in [1.54, 1.807) is 19.6 Å². The Kier molecular flexibility index (Phi) is 6.59. The summed E-state index contributed by atoms with van der Waals surface area (Å²) in [6.45, 7) is 2.00. The van der Waals surface area contributed by atoms with E-state index in [-0.39, 0.29) is 11.9 Å². The SMILES string of the molecule is COc1cccc(-n2ccnc2SCC(=O)NC(C)CCc2ccco2)c1. The fourth-order valence-electron chi connectivity index (χ4n) is 2.69. The summed E-state index contributed by atoms with van der Waals surface area (Å²) in [5.41, 5.74) is 0.946. The Hall–Kier alpha value is -2.67. The number of hydrogen-bond donors (Lipinski definition) is 1. The zero-order valence-corrected chi connectivity index (χ0v) is 16.2. The van der Waals surface area contributed by atoms with E-state index in [0.29, 0.717) is 5.75 Å². The van der Waals surface area contributed by atoms with E-state index in [2.05, 4.69) is 10.3 Å². The number of imidazole rings is 1. The highest BCUT2D eigenvalue weighted by molar-refractivity contribution is 7.99. The molecule has 0 bridgehead atoms. The minimum absolute atomic E-state index is 0.00728. The van der Waals surface area contributed by atoms with Crippen molar-refractivity contribution in [3.05, 3.63) is 60.8 Å². The number of nitrogens with zero attached hydrogens (tertiary/aromatic N) is 2. The van der Waals surface area contributed by atoms with Gasteiger partial charge in [0.2, 0.25) is 5.91 Å². The van der Waals surface area contributed by atoms with E-state index in [9.17, 15) is 4.79 Å². The zero-order chi connectivity index (χ0) is 19.1. The number of carbonyl (C=O) groups is 1. The summed E-state index contributed by atoms with van der Waals surface area (Å²) in [5, 5.41) is 3.79. The van der Waals surface area contributed by atoms with E-state index in [1.807, 2.05) is 54.1 Å². The minimum atomic E-state index is -0.00728. The fourth-order valence-corrected chi connectivity index (χ4v) is 3.47. The van der Waals surface area contributed by atoms with Crippen LogP contribution in [-0.4, -0.2) is 34.4 Å². The first-order chi connectivity index (χ1) is 13.2. The second kappa shape index (κ2) is 9.32. The number of thioether (sulfide) groups is 1. The lowest BCUT2D eigenvalue weighted by Crippen LogP contribution is -2.34. The van der Waals surface area contributed by atoms with Crippen LogP contribution in [0.3, 0.4) is 0 Å². The van der Waals surface area contributed by atoms with Crippen molar-refractivity contribution < 1.29 is 13.9 Å². The quantitative estimate of drug-likeness (QED) is 0.569. The first kappa shape index (κ1) is 19.1. The van der Waals surface area contributed by atoms with Gasteiger partial charge in [0.15, 0.2) is 5.16 Å². The van der Waals surface area contributed by atoms with Gasteiger partial charge in [0, 0.05) is 30.9 Å². The maximum Gasteiger partial charge on any atom is 0.230 e. The van der Waals surface area contributed by atoms with Crippen molar-refractivity contribution in [3.8, 4) is 11.4 Å². The van der Waals surface area contributed by atoms with E-state index < -0.39 is 0 Å². The van der Waals surface area contributed by atoms with Crippen LogP contribution in [0.1, 0.15) is 19.1 Å². The van der Waals surface area contributed by atoms with Crippen LogP contribution in [0.15, 0.2) is 64.6 Å². The first-order valence-electron chi connectivity index (χ1n) is 8.78. The molecule has 3 rings (SSSR count). The maximum atomic E-state index is 12.2. The van der Waals surface area contributed by atoms with Gasteiger partial charge in [-0.05, 0) is 37.6 Å². The van der Waals surface area contributed by atoms with Gasteiger partial charge in [-0.1, -0.05) is 17.8 Å². The molecule has 6 nitrogen and oxygen atoms in total. The number of aryl methyl sites for hydroxylation is 1. The third-order valence-corrected chi connectivity index (χ3v) is 5.05. The Morgan fingerprint density at radius 3 is 3.04 bits per heavy atom. The van der Waals surface area contributed by atoms with Crippen molar-refractivity contribution in [2.45, 2.75) is 31.0 Å². The van der Waals surface area contributed by atoms with E-state index in [1.165, 1.54) is 11.8 Å². The number of benzene rings is 1. The number of ether oxygens (including phenoxy) is 1. The van der Waals surface area contributed by atoms with Crippen LogP contribution >= 0.6 is 11.8 Å². The van der Waals surface area contributed by atoms with Crippen molar-refractivity contribution in [1.82, 2.24) is 14.9 Å². The summed E-state index contributed by atoms with van der Waals surface area (Å²) in [6.07, 6.45) is 6.91. The zero-order valence-electron chi connectivity index (χ0n) is 15.4. The highest BCUT2D eigenvalue weighted by Gasteiger charge is 2.12. The predicted octanol–water partition coefficient (Wildman–Crippen LogP) is 3.70. The second-order valence-electron chi connectivity index (χ2n) is 6.16. The number of aromatic nitrogens is 2. The van der Waals surface area contributed by atoms with Gasteiger partial charge < -0.3 is 14.5 Å². The number of nitrogens with one attached hydrogen (secondary N) is 1. The molecule has 7 heteroatoms. The Morgan fingerprint density at radius 1 is 1.37 bits per heavy atom. The number of rotatable bonds is 9. The van der Waals surface area contributed by atoms with Gasteiger partial charge in [-0.15, -0.1) is 0 Å². The summed E-state index contributed by atoms with van der Waals surface area (Å²) in [7, 11) is 1.64. The number of furan rings is 1. The standard InChI is InChI=1S/C20H23N3O3S/c1-15(8-9-17-7-4-12-26-17)22-19(24)14-27-20-21-10-11-23(20)16-5-3-6-18(13-16)25-2/h3-7,10-13,15H,8-9,14H2,1-2H3,(H,22,24). The molecule has 1 unspecified atom stereocenters. The van der Waals surface area contributed by atoms with Crippen molar-refractivity contribution in [2.24, 2.45) is 0 Å². The number of hydrogen-bond acceptors (Lipinski definition) is 5. The van der Waals surface area contributed by atoms with Gasteiger partial charge in [-0.25, -0.2) is 4.98 Å². The first-order valence-corrected chi connectivity index (χ1v) is 9.76. The third kappa shape index (κ3) is 5.40. The van der Waals surface area contributed by atoms with Crippen LogP contribution in [0.4, 0.5) is 0 Å². The van der Waals surface area contributed by atoms with Gasteiger partial charge in [0.1, 0.15) is 11.5 Å². The largest absolute Gasteiger partial charge is 0.497 e. The lowest BCUT2D eigenvalue weighted by atomic mass is 10.1. The molecule has 1 N–H and O–H groups in total. The molecule has 1 atom stereocenters. The molecule has 0 saturated carbocycles. The molecule has 2 heterocycles. The smallest absolute Gasteiger partial charge is 0.230 e. The molecule has 1 amide bonds. The maximum absolute atomic E-state index is 12.2. The van der Waals surface area contributed by atoms with Gasteiger partial charge >= 0.3 is 0 Å². The third-order valence-electron chi connectivity index (χ3n) is 4.08. The van der Waals surface area contributed by atoms with Crippen LogP contribution in [0, 0.1) is 0 Å².